The fourth-order valence-corrected chi connectivity index (χ4v) is 2.09. The van der Waals surface area contributed by atoms with Crippen molar-refractivity contribution in [2.45, 2.75) is 19.1 Å². The first-order chi connectivity index (χ1) is 7.72. The second kappa shape index (κ2) is 7.17. The van der Waals surface area contributed by atoms with Crippen LogP contribution in [0.2, 0.25) is 0 Å². The van der Waals surface area contributed by atoms with Crippen molar-refractivity contribution in [2.24, 2.45) is 0 Å². The number of carboxylic acid groups (broad SMARTS) is 1. The Bertz CT molecular complexity index is 322. The van der Waals surface area contributed by atoms with Crippen LogP contribution < -0.4 is 4.74 Å². The molecule has 16 heavy (non-hydrogen) atoms. The molecule has 0 aliphatic rings. The molecule has 0 heterocycles. The average molecular weight is 240 g/mol. The molecule has 0 bridgehead atoms. The fraction of sp³-hybridized carbons (Fsp3) is 0.417. The molecule has 0 fully saturated rings. The summed E-state index contributed by atoms with van der Waals surface area (Å²) in [6.07, 6.45) is 0.224. The number of carbonyl (C=O) groups is 1. The van der Waals surface area contributed by atoms with E-state index in [0.29, 0.717) is 12.4 Å². The summed E-state index contributed by atoms with van der Waals surface area (Å²) in [5, 5.41) is 8.48. The van der Waals surface area contributed by atoms with Gasteiger partial charge in [0.05, 0.1) is 13.0 Å². The highest BCUT2D eigenvalue weighted by atomic mass is 32.2. The van der Waals surface area contributed by atoms with Gasteiger partial charge in [-0.15, -0.1) is 0 Å². The summed E-state index contributed by atoms with van der Waals surface area (Å²) in [4.78, 5) is 10.3. The third-order valence-electron chi connectivity index (χ3n) is 1.96. The monoisotopic (exact) mass is 240 g/mol. The number of hydrogen-bond donors (Lipinski definition) is 1. The molecule has 1 N–H and O–H groups in total. The van der Waals surface area contributed by atoms with Crippen molar-refractivity contribution in [1.82, 2.24) is 0 Å². The largest absolute Gasteiger partial charge is 0.494 e. The van der Waals surface area contributed by atoms with Crippen molar-refractivity contribution in [2.75, 3.05) is 12.4 Å². The van der Waals surface area contributed by atoms with Crippen molar-refractivity contribution in [3.63, 3.8) is 0 Å². The molecule has 0 unspecified atom stereocenters. The quantitative estimate of drug-likeness (QED) is 0.744. The molecule has 0 aliphatic heterocycles. The van der Waals surface area contributed by atoms with Crippen LogP contribution in [0.15, 0.2) is 24.3 Å². The van der Waals surface area contributed by atoms with Crippen LogP contribution in [-0.4, -0.2) is 23.4 Å². The summed E-state index contributed by atoms with van der Waals surface area (Å²) in [5.74, 6) is 1.64. The maximum absolute atomic E-state index is 10.3. The van der Waals surface area contributed by atoms with E-state index in [-0.39, 0.29) is 6.42 Å². The van der Waals surface area contributed by atoms with Gasteiger partial charge in [-0.1, -0.05) is 12.1 Å². The normalized spacial score (nSPS) is 10.1. The van der Waals surface area contributed by atoms with E-state index in [4.69, 9.17) is 9.84 Å². The van der Waals surface area contributed by atoms with E-state index in [1.54, 1.807) is 11.8 Å². The van der Waals surface area contributed by atoms with Crippen LogP contribution in [-0.2, 0) is 10.5 Å². The molecule has 0 saturated heterocycles. The lowest BCUT2D eigenvalue weighted by Gasteiger charge is -2.04. The Morgan fingerprint density at radius 2 is 2.06 bits per heavy atom. The molecule has 88 valence electrons. The van der Waals surface area contributed by atoms with Gasteiger partial charge in [-0.3, -0.25) is 4.79 Å². The Kier molecular flexibility index (Phi) is 5.78. The van der Waals surface area contributed by atoms with Crippen LogP contribution in [0.4, 0.5) is 0 Å². The Balaban J connectivity index is 2.29. The first kappa shape index (κ1) is 12.9. The Hall–Kier alpha value is -1.16. The van der Waals surface area contributed by atoms with E-state index in [9.17, 15) is 4.79 Å². The molecule has 0 aliphatic carbocycles. The van der Waals surface area contributed by atoms with Gasteiger partial charge in [0, 0.05) is 11.5 Å². The second-order valence-corrected chi connectivity index (χ2v) is 4.38. The van der Waals surface area contributed by atoms with Gasteiger partial charge in [0.1, 0.15) is 5.75 Å². The van der Waals surface area contributed by atoms with E-state index in [2.05, 4.69) is 0 Å². The summed E-state index contributed by atoms with van der Waals surface area (Å²) in [6.45, 7) is 2.63. The van der Waals surface area contributed by atoms with E-state index in [1.807, 2.05) is 31.2 Å². The number of aliphatic carboxylic acids is 1. The fourth-order valence-electron chi connectivity index (χ4n) is 1.20. The Labute approximate surface area is 99.8 Å². The molecule has 1 aromatic rings. The number of benzene rings is 1. The molecule has 0 aromatic heterocycles. The lowest BCUT2D eigenvalue weighted by Crippen LogP contribution is -1.96. The summed E-state index contributed by atoms with van der Waals surface area (Å²) in [6, 6.07) is 7.91. The second-order valence-electron chi connectivity index (χ2n) is 3.27. The van der Waals surface area contributed by atoms with Crippen LogP contribution in [0, 0.1) is 0 Å². The lowest BCUT2D eigenvalue weighted by atomic mass is 10.2. The van der Waals surface area contributed by atoms with Crippen LogP contribution in [0.3, 0.4) is 0 Å². The van der Waals surface area contributed by atoms with Gasteiger partial charge < -0.3 is 9.84 Å². The summed E-state index contributed by atoms with van der Waals surface area (Å²) < 4.78 is 5.33. The molecule has 4 heteroatoms. The maximum atomic E-state index is 10.3. The third kappa shape index (κ3) is 5.07. The zero-order chi connectivity index (χ0) is 11.8. The van der Waals surface area contributed by atoms with Gasteiger partial charge in [0.15, 0.2) is 0 Å². The van der Waals surface area contributed by atoms with Crippen molar-refractivity contribution < 1.29 is 14.6 Å². The topological polar surface area (TPSA) is 46.5 Å². The van der Waals surface area contributed by atoms with Crippen LogP contribution in [0.1, 0.15) is 18.9 Å². The van der Waals surface area contributed by atoms with Crippen LogP contribution in [0.25, 0.3) is 0 Å². The number of ether oxygens (including phenoxy) is 1. The molecule has 3 nitrogen and oxygen atoms in total. The molecule has 0 spiro atoms. The predicted octanol–water partition coefficient (Wildman–Crippen LogP) is 2.79. The molecular weight excluding hydrogens is 224 g/mol. The molecule has 0 saturated carbocycles. The number of carboxylic acids is 1. The van der Waals surface area contributed by atoms with E-state index >= 15 is 0 Å². The van der Waals surface area contributed by atoms with Gasteiger partial charge in [0.2, 0.25) is 0 Å². The standard InChI is InChI=1S/C12H16O3S/c1-2-15-11-5-3-10(4-6-11)9-16-8-7-12(13)14/h3-6H,2,7-9H2,1H3,(H,13,14). The van der Waals surface area contributed by atoms with Crippen molar-refractivity contribution >= 4 is 17.7 Å². The first-order valence-corrected chi connectivity index (χ1v) is 6.39. The predicted molar refractivity (Wildman–Crippen MR) is 66.0 cm³/mol. The lowest BCUT2D eigenvalue weighted by molar-refractivity contribution is -0.136. The number of hydrogen-bond acceptors (Lipinski definition) is 3. The van der Waals surface area contributed by atoms with Gasteiger partial charge in [-0.05, 0) is 24.6 Å². The number of thioether (sulfide) groups is 1. The van der Waals surface area contributed by atoms with Crippen molar-refractivity contribution in [3.8, 4) is 5.75 Å². The van der Waals surface area contributed by atoms with Gasteiger partial charge in [-0.25, -0.2) is 0 Å². The van der Waals surface area contributed by atoms with E-state index in [0.717, 1.165) is 11.5 Å². The molecular formula is C12H16O3S. The maximum Gasteiger partial charge on any atom is 0.304 e. The highest BCUT2D eigenvalue weighted by Crippen LogP contribution is 2.17. The zero-order valence-electron chi connectivity index (χ0n) is 9.31. The van der Waals surface area contributed by atoms with Gasteiger partial charge >= 0.3 is 5.97 Å². The zero-order valence-corrected chi connectivity index (χ0v) is 10.1. The van der Waals surface area contributed by atoms with Crippen molar-refractivity contribution in [1.29, 1.82) is 0 Å². The molecule has 0 atom stereocenters. The summed E-state index contributed by atoms with van der Waals surface area (Å²) in [7, 11) is 0. The molecule has 1 rings (SSSR count). The van der Waals surface area contributed by atoms with Crippen molar-refractivity contribution in [3.05, 3.63) is 29.8 Å². The Morgan fingerprint density at radius 3 is 2.62 bits per heavy atom. The minimum absolute atomic E-state index is 0.224. The van der Waals surface area contributed by atoms with Crippen LogP contribution in [0.5, 0.6) is 5.75 Å². The van der Waals surface area contributed by atoms with Gasteiger partial charge in [0.25, 0.3) is 0 Å². The number of rotatable bonds is 7. The highest BCUT2D eigenvalue weighted by Gasteiger charge is 1.98. The minimum atomic E-state index is -0.737. The highest BCUT2D eigenvalue weighted by molar-refractivity contribution is 7.98. The first-order valence-electron chi connectivity index (χ1n) is 5.23. The van der Waals surface area contributed by atoms with E-state index in [1.165, 1.54) is 5.56 Å². The molecule has 0 radical (unpaired) electrons. The minimum Gasteiger partial charge on any atom is -0.494 e. The third-order valence-corrected chi connectivity index (χ3v) is 2.99. The SMILES string of the molecule is CCOc1ccc(CSCCC(=O)O)cc1. The van der Waals surface area contributed by atoms with Gasteiger partial charge in [-0.2, -0.15) is 11.8 Å². The smallest absolute Gasteiger partial charge is 0.304 e. The Morgan fingerprint density at radius 1 is 1.38 bits per heavy atom. The van der Waals surface area contributed by atoms with Crippen LogP contribution >= 0.6 is 11.8 Å². The average Bonchev–Trinajstić information content (AvgIpc) is 2.27. The van der Waals surface area contributed by atoms with E-state index < -0.39 is 5.97 Å². The summed E-state index contributed by atoms with van der Waals surface area (Å²) >= 11 is 1.63. The summed E-state index contributed by atoms with van der Waals surface area (Å²) in [5.41, 5.74) is 1.19. The molecule has 1 aromatic carbocycles. The molecule has 0 amide bonds.